The Morgan fingerprint density at radius 1 is 1.05 bits per heavy atom. The van der Waals surface area contributed by atoms with Crippen molar-refractivity contribution in [2.45, 2.75) is 6.54 Å². The number of rotatable bonds is 3. The van der Waals surface area contributed by atoms with Crippen LogP contribution in [0.4, 0.5) is 5.69 Å². The summed E-state index contributed by atoms with van der Waals surface area (Å²) in [4.78, 5) is 4.63. The first-order valence-electron chi connectivity index (χ1n) is 6.26. The lowest BCUT2D eigenvalue weighted by atomic mass is 10.2. The van der Waals surface area contributed by atoms with Gasteiger partial charge in [-0.15, -0.1) is 0 Å². The molecule has 0 aliphatic heterocycles. The van der Waals surface area contributed by atoms with Crippen LogP contribution in [0.2, 0.25) is 5.02 Å². The van der Waals surface area contributed by atoms with Crippen molar-refractivity contribution in [3.05, 3.63) is 69.8 Å². The highest BCUT2D eigenvalue weighted by Crippen LogP contribution is 2.26. The van der Waals surface area contributed by atoms with Crippen LogP contribution in [0.15, 0.2) is 59.1 Å². The molecular weight excluding hydrogens is 336 g/mol. The Balaban J connectivity index is 1.81. The van der Waals surface area contributed by atoms with Gasteiger partial charge in [0.05, 0.1) is 28.5 Å². The van der Waals surface area contributed by atoms with Crippen LogP contribution in [0, 0.1) is 0 Å². The molecule has 0 spiro atoms. The minimum absolute atomic E-state index is 0.640. The van der Waals surface area contributed by atoms with Crippen LogP contribution in [0.3, 0.4) is 0 Å². The zero-order chi connectivity index (χ0) is 13.9. The Kier molecular flexibility index (Phi) is 3.90. The maximum Gasteiger partial charge on any atom is 0.0706 e. The lowest BCUT2D eigenvalue weighted by molar-refractivity contribution is 1.07. The maximum absolute atomic E-state index is 6.15. The minimum atomic E-state index is 0.640. The van der Waals surface area contributed by atoms with Gasteiger partial charge in [0.1, 0.15) is 0 Å². The van der Waals surface area contributed by atoms with Gasteiger partial charge in [0, 0.05) is 9.86 Å². The molecule has 3 aromatic rings. The fourth-order valence-corrected chi connectivity index (χ4v) is 2.57. The average Bonchev–Trinajstić information content (AvgIpc) is 2.48. The summed E-state index contributed by atoms with van der Waals surface area (Å²) in [5.74, 6) is 0. The second-order valence-corrected chi connectivity index (χ2v) is 5.80. The molecule has 2 nitrogen and oxygen atoms in total. The summed E-state index contributed by atoms with van der Waals surface area (Å²) in [6.07, 6.45) is 0. The number of aromatic nitrogens is 1. The number of fused-ring (bicyclic) bond motifs is 1. The second-order valence-electron chi connectivity index (χ2n) is 4.47. The minimum Gasteiger partial charge on any atom is -0.378 e. The quantitative estimate of drug-likeness (QED) is 0.699. The van der Waals surface area contributed by atoms with Gasteiger partial charge >= 0.3 is 0 Å². The van der Waals surface area contributed by atoms with Gasteiger partial charge in [-0.1, -0.05) is 51.8 Å². The van der Waals surface area contributed by atoms with Gasteiger partial charge in [-0.3, -0.25) is 4.98 Å². The summed E-state index contributed by atoms with van der Waals surface area (Å²) in [6, 6.07) is 18.0. The van der Waals surface area contributed by atoms with E-state index in [4.69, 9.17) is 11.6 Å². The molecule has 0 amide bonds. The third kappa shape index (κ3) is 2.94. The lowest BCUT2D eigenvalue weighted by Gasteiger charge is -2.09. The predicted octanol–water partition coefficient (Wildman–Crippen LogP) is 5.26. The number of nitrogens with one attached hydrogen (secondary N) is 1. The number of anilines is 1. The highest BCUT2D eigenvalue weighted by atomic mass is 79.9. The van der Waals surface area contributed by atoms with E-state index in [2.05, 4.69) is 38.4 Å². The summed E-state index contributed by atoms with van der Waals surface area (Å²) < 4.78 is 0.996. The average molecular weight is 348 g/mol. The molecule has 0 atom stereocenters. The van der Waals surface area contributed by atoms with E-state index in [1.807, 2.05) is 42.5 Å². The number of nitrogens with zero attached hydrogens (tertiary/aromatic N) is 1. The third-order valence-electron chi connectivity index (χ3n) is 3.04. The third-order valence-corrected chi connectivity index (χ3v) is 3.87. The van der Waals surface area contributed by atoms with Gasteiger partial charge in [0.15, 0.2) is 0 Å². The van der Waals surface area contributed by atoms with E-state index in [-0.39, 0.29) is 0 Å². The van der Waals surface area contributed by atoms with Crippen LogP contribution in [0.25, 0.3) is 10.9 Å². The van der Waals surface area contributed by atoms with E-state index in [1.165, 1.54) is 0 Å². The zero-order valence-corrected chi connectivity index (χ0v) is 12.9. The van der Waals surface area contributed by atoms with Gasteiger partial charge in [0.25, 0.3) is 0 Å². The summed E-state index contributed by atoms with van der Waals surface area (Å²) in [5.41, 5.74) is 2.89. The van der Waals surface area contributed by atoms with E-state index < -0.39 is 0 Å². The first-order valence-corrected chi connectivity index (χ1v) is 7.43. The van der Waals surface area contributed by atoms with Gasteiger partial charge in [0.2, 0.25) is 0 Å². The number of para-hydroxylation sites is 1. The molecular formula is C16H12BrClN2. The smallest absolute Gasteiger partial charge is 0.0706 e. The van der Waals surface area contributed by atoms with Crippen LogP contribution in [0.5, 0.6) is 0 Å². The Labute approximate surface area is 130 Å². The topological polar surface area (TPSA) is 24.9 Å². The van der Waals surface area contributed by atoms with E-state index in [1.54, 1.807) is 0 Å². The number of benzene rings is 2. The first-order chi connectivity index (χ1) is 9.72. The Morgan fingerprint density at radius 3 is 2.80 bits per heavy atom. The molecule has 0 fully saturated rings. The number of hydrogen-bond acceptors (Lipinski definition) is 2. The van der Waals surface area contributed by atoms with Crippen molar-refractivity contribution in [3.63, 3.8) is 0 Å². The zero-order valence-electron chi connectivity index (χ0n) is 10.6. The first kappa shape index (κ1) is 13.4. The molecule has 1 aromatic heterocycles. The summed E-state index contributed by atoms with van der Waals surface area (Å²) in [5, 5.41) is 5.16. The SMILES string of the molecule is Clc1ccc(Br)cc1NCc1ccc2ccccc2n1. The summed E-state index contributed by atoms with van der Waals surface area (Å²) >= 11 is 9.59. The van der Waals surface area contributed by atoms with Gasteiger partial charge in [-0.2, -0.15) is 0 Å². The molecule has 2 aromatic carbocycles. The van der Waals surface area contributed by atoms with Gasteiger partial charge < -0.3 is 5.32 Å². The Bertz CT molecular complexity index is 758. The largest absolute Gasteiger partial charge is 0.378 e. The predicted molar refractivity (Wildman–Crippen MR) is 88.2 cm³/mol. The molecule has 4 heteroatoms. The molecule has 3 rings (SSSR count). The van der Waals surface area contributed by atoms with Crippen molar-refractivity contribution in [3.8, 4) is 0 Å². The summed E-state index contributed by atoms with van der Waals surface area (Å²) in [6.45, 7) is 0.640. The Morgan fingerprint density at radius 2 is 1.90 bits per heavy atom. The van der Waals surface area contributed by atoms with Crippen LogP contribution in [0.1, 0.15) is 5.69 Å². The second kappa shape index (κ2) is 5.81. The highest BCUT2D eigenvalue weighted by Gasteiger charge is 2.02. The molecule has 0 saturated heterocycles. The van der Waals surface area contributed by atoms with Crippen molar-refractivity contribution < 1.29 is 0 Å². The Hall–Kier alpha value is -1.58. The highest BCUT2D eigenvalue weighted by molar-refractivity contribution is 9.10. The fourth-order valence-electron chi connectivity index (χ4n) is 2.03. The van der Waals surface area contributed by atoms with Gasteiger partial charge in [-0.25, -0.2) is 0 Å². The van der Waals surface area contributed by atoms with E-state index >= 15 is 0 Å². The van der Waals surface area contributed by atoms with Crippen LogP contribution in [-0.2, 0) is 6.54 Å². The maximum atomic E-state index is 6.15. The standard InChI is InChI=1S/C16H12BrClN2/c17-12-6-8-14(18)16(9-12)19-10-13-7-5-11-3-1-2-4-15(11)20-13/h1-9,19H,10H2. The number of hydrogen-bond donors (Lipinski definition) is 1. The molecule has 100 valence electrons. The van der Waals surface area contributed by atoms with E-state index in [0.717, 1.165) is 26.8 Å². The van der Waals surface area contributed by atoms with E-state index in [9.17, 15) is 0 Å². The van der Waals surface area contributed by atoms with E-state index in [0.29, 0.717) is 11.6 Å². The molecule has 0 aliphatic carbocycles. The molecule has 0 unspecified atom stereocenters. The van der Waals surface area contributed by atoms with Gasteiger partial charge in [-0.05, 0) is 30.3 Å². The molecule has 0 bridgehead atoms. The fraction of sp³-hybridized carbons (Fsp3) is 0.0625. The molecule has 0 saturated carbocycles. The number of halogens is 2. The van der Waals surface area contributed by atoms with Crippen LogP contribution < -0.4 is 5.32 Å². The van der Waals surface area contributed by atoms with Crippen molar-refractivity contribution in [1.29, 1.82) is 0 Å². The molecule has 0 radical (unpaired) electrons. The van der Waals surface area contributed by atoms with Crippen molar-refractivity contribution in [2.24, 2.45) is 0 Å². The van der Waals surface area contributed by atoms with Crippen molar-refractivity contribution in [2.75, 3.05) is 5.32 Å². The van der Waals surface area contributed by atoms with Crippen molar-refractivity contribution in [1.82, 2.24) is 4.98 Å². The van der Waals surface area contributed by atoms with Crippen LogP contribution in [-0.4, -0.2) is 4.98 Å². The lowest BCUT2D eigenvalue weighted by Crippen LogP contribution is -2.02. The van der Waals surface area contributed by atoms with Crippen molar-refractivity contribution >= 4 is 44.1 Å². The normalized spacial score (nSPS) is 10.7. The summed E-state index contributed by atoms with van der Waals surface area (Å²) in [7, 11) is 0. The molecule has 0 aliphatic rings. The molecule has 1 N–H and O–H groups in total. The van der Waals surface area contributed by atoms with Crippen LogP contribution >= 0.6 is 27.5 Å². The number of pyridine rings is 1. The molecule has 20 heavy (non-hydrogen) atoms. The molecule has 1 heterocycles. The monoisotopic (exact) mass is 346 g/mol.